The summed E-state index contributed by atoms with van der Waals surface area (Å²) in [5.74, 6) is 0.658. The number of nitrogens with one attached hydrogen (secondary N) is 2. The van der Waals surface area contributed by atoms with Crippen LogP contribution >= 0.6 is 0 Å². The Labute approximate surface area is 115 Å². The van der Waals surface area contributed by atoms with Crippen LogP contribution < -0.4 is 10.0 Å². The molecule has 0 aliphatic carbocycles. The third-order valence-electron chi connectivity index (χ3n) is 2.84. The van der Waals surface area contributed by atoms with Gasteiger partial charge in [-0.05, 0) is 18.4 Å². The van der Waals surface area contributed by atoms with Gasteiger partial charge in [-0.3, -0.25) is 4.98 Å². The monoisotopic (exact) mass is 285 g/mol. The third-order valence-corrected chi connectivity index (χ3v) is 4.33. The number of anilines is 1. The highest BCUT2D eigenvalue weighted by atomic mass is 32.2. The number of unbranched alkanes of at least 4 members (excludes halogenated alkanes) is 1. The molecule has 0 saturated heterocycles. The van der Waals surface area contributed by atoms with E-state index in [0.717, 1.165) is 19.3 Å². The summed E-state index contributed by atoms with van der Waals surface area (Å²) < 4.78 is 26.9. The minimum absolute atomic E-state index is 0.196. The van der Waals surface area contributed by atoms with Crippen molar-refractivity contribution < 1.29 is 8.42 Å². The Kier molecular flexibility index (Phi) is 6.24. The van der Waals surface area contributed by atoms with Crippen molar-refractivity contribution in [1.29, 1.82) is 0 Å². The van der Waals surface area contributed by atoms with Gasteiger partial charge in [-0.25, -0.2) is 13.1 Å². The molecule has 0 bridgehead atoms. The molecule has 0 saturated carbocycles. The lowest BCUT2D eigenvalue weighted by molar-refractivity contribution is 0.530. The van der Waals surface area contributed by atoms with Crippen molar-refractivity contribution in [2.45, 2.75) is 38.0 Å². The first kappa shape index (κ1) is 15.9. The lowest BCUT2D eigenvalue weighted by atomic mass is 10.1. The van der Waals surface area contributed by atoms with Gasteiger partial charge in [0.2, 0.25) is 10.0 Å². The Morgan fingerprint density at radius 3 is 2.68 bits per heavy atom. The van der Waals surface area contributed by atoms with Crippen LogP contribution in [0.5, 0.6) is 0 Å². The number of pyridine rings is 1. The largest absolute Gasteiger partial charge is 0.387 e. The molecule has 0 atom stereocenters. The molecule has 0 amide bonds. The van der Waals surface area contributed by atoms with E-state index in [-0.39, 0.29) is 4.90 Å². The Morgan fingerprint density at radius 1 is 1.32 bits per heavy atom. The van der Waals surface area contributed by atoms with E-state index < -0.39 is 10.0 Å². The molecule has 0 aliphatic rings. The van der Waals surface area contributed by atoms with Crippen LogP contribution in [0.15, 0.2) is 23.4 Å². The molecule has 0 aliphatic heterocycles. The van der Waals surface area contributed by atoms with Gasteiger partial charge < -0.3 is 5.32 Å². The van der Waals surface area contributed by atoms with Gasteiger partial charge in [0.25, 0.3) is 0 Å². The summed E-state index contributed by atoms with van der Waals surface area (Å²) in [5.41, 5.74) is 0.560. The van der Waals surface area contributed by atoms with E-state index in [1.54, 1.807) is 19.3 Å². The van der Waals surface area contributed by atoms with Gasteiger partial charge >= 0.3 is 0 Å². The molecule has 5 nitrogen and oxygen atoms in total. The van der Waals surface area contributed by atoms with Gasteiger partial charge in [-0.15, -0.1) is 0 Å². The minimum Gasteiger partial charge on any atom is -0.387 e. The van der Waals surface area contributed by atoms with E-state index in [2.05, 4.69) is 28.9 Å². The fraction of sp³-hybridized carbons (Fsp3) is 0.615. The first-order valence-electron chi connectivity index (χ1n) is 6.59. The first-order valence-corrected chi connectivity index (χ1v) is 8.07. The molecule has 1 heterocycles. The molecule has 0 radical (unpaired) electrons. The summed E-state index contributed by atoms with van der Waals surface area (Å²) in [6.07, 6.45) is 5.94. The fourth-order valence-corrected chi connectivity index (χ4v) is 2.99. The van der Waals surface area contributed by atoms with E-state index in [1.165, 1.54) is 6.20 Å². The number of sulfonamides is 1. The summed E-state index contributed by atoms with van der Waals surface area (Å²) in [6, 6.07) is 1.65. The van der Waals surface area contributed by atoms with Crippen molar-refractivity contribution in [3.05, 3.63) is 18.5 Å². The van der Waals surface area contributed by atoms with Crippen LogP contribution in [-0.2, 0) is 10.0 Å². The van der Waals surface area contributed by atoms with E-state index in [9.17, 15) is 8.42 Å². The first-order chi connectivity index (χ1) is 8.97. The van der Waals surface area contributed by atoms with Gasteiger partial charge in [-0.2, -0.15) is 0 Å². The minimum atomic E-state index is -3.48. The van der Waals surface area contributed by atoms with Crippen molar-refractivity contribution in [3.8, 4) is 0 Å². The van der Waals surface area contributed by atoms with Gasteiger partial charge in [0, 0.05) is 26.0 Å². The topological polar surface area (TPSA) is 71.1 Å². The molecule has 0 spiro atoms. The van der Waals surface area contributed by atoms with Gasteiger partial charge in [-0.1, -0.05) is 26.7 Å². The molecule has 2 N–H and O–H groups in total. The highest BCUT2D eigenvalue weighted by Gasteiger charge is 2.17. The second kappa shape index (κ2) is 7.45. The summed E-state index contributed by atoms with van der Waals surface area (Å²) in [4.78, 5) is 4.06. The van der Waals surface area contributed by atoms with Gasteiger partial charge in [0.15, 0.2) is 0 Å². The molecule has 108 valence electrons. The Balaban J connectivity index is 2.56. The molecule has 6 heteroatoms. The van der Waals surface area contributed by atoms with Gasteiger partial charge in [0.1, 0.15) is 4.90 Å². The third kappa shape index (κ3) is 5.16. The normalized spacial score (nSPS) is 11.8. The van der Waals surface area contributed by atoms with Crippen LogP contribution in [0.4, 0.5) is 5.69 Å². The summed E-state index contributed by atoms with van der Waals surface area (Å²) in [7, 11) is -1.79. The van der Waals surface area contributed by atoms with E-state index in [4.69, 9.17) is 0 Å². The maximum Gasteiger partial charge on any atom is 0.244 e. The standard InChI is InChI=1S/C13H23N3O2S/c1-11(2)6-4-5-8-16-19(17,18)13-10-15-9-7-12(13)14-3/h7,9-11,16H,4-6,8H2,1-3H3,(H,14,15). The quantitative estimate of drug-likeness (QED) is 0.719. The van der Waals surface area contributed by atoms with Crippen molar-refractivity contribution in [2.24, 2.45) is 5.92 Å². The molecule has 0 fully saturated rings. The summed E-state index contributed by atoms with van der Waals surface area (Å²) in [5, 5.41) is 2.86. The van der Waals surface area contributed by atoms with Crippen LogP contribution in [-0.4, -0.2) is 27.0 Å². The smallest absolute Gasteiger partial charge is 0.244 e. The lowest BCUT2D eigenvalue weighted by Gasteiger charge is -2.10. The van der Waals surface area contributed by atoms with Crippen LogP contribution in [0, 0.1) is 5.92 Å². The maximum absolute atomic E-state index is 12.1. The fourth-order valence-electron chi connectivity index (χ4n) is 1.76. The van der Waals surface area contributed by atoms with E-state index >= 15 is 0 Å². The molecule has 1 aromatic heterocycles. The van der Waals surface area contributed by atoms with Crippen LogP contribution in [0.1, 0.15) is 33.1 Å². The van der Waals surface area contributed by atoms with Crippen LogP contribution in [0.25, 0.3) is 0 Å². The predicted octanol–water partition coefficient (Wildman–Crippen LogP) is 2.23. The zero-order valence-corrected chi connectivity index (χ0v) is 12.6. The second-order valence-electron chi connectivity index (χ2n) is 4.91. The number of hydrogen-bond donors (Lipinski definition) is 2. The molecular formula is C13H23N3O2S. The molecular weight excluding hydrogens is 262 g/mol. The van der Waals surface area contributed by atoms with Gasteiger partial charge in [0.05, 0.1) is 5.69 Å². The van der Waals surface area contributed by atoms with E-state index in [1.807, 2.05) is 0 Å². The average molecular weight is 285 g/mol. The SMILES string of the molecule is CNc1ccncc1S(=O)(=O)NCCCCC(C)C. The Morgan fingerprint density at radius 2 is 2.05 bits per heavy atom. The summed E-state index contributed by atoms with van der Waals surface area (Å²) >= 11 is 0. The highest BCUT2D eigenvalue weighted by Crippen LogP contribution is 2.18. The van der Waals surface area contributed by atoms with Crippen molar-refractivity contribution >= 4 is 15.7 Å². The van der Waals surface area contributed by atoms with Crippen molar-refractivity contribution in [2.75, 3.05) is 18.9 Å². The number of rotatable bonds is 8. The van der Waals surface area contributed by atoms with Crippen molar-refractivity contribution in [1.82, 2.24) is 9.71 Å². The second-order valence-corrected chi connectivity index (χ2v) is 6.64. The number of aromatic nitrogens is 1. The molecule has 1 rings (SSSR count). The zero-order valence-electron chi connectivity index (χ0n) is 11.8. The van der Waals surface area contributed by atoms with E-state index in [0.29, 0.717) is 18.2 Å². The highest BCUT2D eigenvalue weighted by molar-refractivity contribution is 7.89. The predicted molar refractivity (Wildman–Crippen MR) is 77.7 cm³/mol. The number of hydrogen-bond acceptors (Lipinski definition) is 4. The van der Waals surface area contributed by atoms with Crippen LogP contribution in [0.2, 0.25) is 0 Å². The average Bonchev–Trinajstić information content (AvgIpc) is 2.37. The van der Waals surface area contributed by atoms with Crippen LogP contribution in [0.3, 0.4) is 0 Å². The molecule has 19 heavy (non-hydrogen) atoms. The lowest BCUT2D eigenvalue weighted by Crippen LogP contribution is -2.25. The number of nitrogens with zero attached hydrogens (tertiary/aromatic N) is 1. The Bertz CT molecular complexity index is 486. The zero-order chi connectivity index (χ0) is 14.3. The summed E-state index contributed by atoms with van der Waals surface area (Å²) in [6.45, 7) is 4.80. The van der Waals surface area contributed by atoms with Crippen molar-refractivity contribution in [3.63, 3.8) is 0 Å². The molecule has 0 aromatic carbocycles. The molecule has 0 unspecified atom stereocenters. The Hall–Kier alpha value is -1.14. The molecule has 1 aromatic rings. The maximum atomic E-state index is 12.1.